The van der Waals surface area contributed by atoms with E-state index in [4.69, 9.17) is 16.7 Å². The summed E-state index contributed by atoms with van der Waals surface area (Å²) in [6.07, 6.45) is 0.150. The van der Waals surface area contributed by atoms with Crippen molar-refractivity contribution in [3.63, 3.8) is 0 Å². The second-order valence-electron chi connectivity index (χ2n) is 5.32. The number of benzene rings is 1. The normalized spacial score (nSPS) is 11.1. The minimum Gasteiger partial charge on any atom is -0.481 e. The summed E-state index contributed by atoms with van der Waals surface area (Å²) in [5.41, 5.74) is 0.362. The Morgan fingerprint density at radius 3 is 2.58 bits per heavy atom. The quantitative estimate of drug-likeness (QED) is 0.844. The van der Waals surface area contributed by atoms with Crippen molar-refractivity contribution in [3.8, 4) is 0 Å². The highest BCUT2D eigenvalue weighted by atomic mass is 35.5. The first-order chi connectivity index (χ1) is 8.78. The van der Waals surface area contributed by atoms with Crippen molar-refractivity contribution < 1.29 is 14.7 Å². The predicted molar refractivity (Wildman–Crippen MR) is 73.9 cm³/mol. The summed E-state index contributed by atoms with van der Waals surface area (Å²) >= 11 is 5.85. The van der Waals surface area contributed by atoms with Crippen molar-refractivity contribution in [3.05, 3.63) is 34.9 Å². The van der Waals surface area contributed by atoms with Gasteiger partial charge in [0.15, 0.2) is 0 Å². The second kappa shape index (κ2) is 6.57. The standard InChI is InChI=1S/C14H18ClNO3/c1-14(2,8-13(18)19)7-12(17)16-9-10-4-3-5-11(15)6-10/h3-6H,7-9H2,1-2H3,(H,16,17)(H,18,19). The SMILES string of the molecule is CC(C)(CC(=O)O)CC(=O)NCc1cccc(Cl)c1. The van der Waals surface area contributed by atoms with Crippen LogP contribution in [-0.2, 0) is 16.1 Å². The molecule has 0 saturated carbocycles. The summed E-state index contributed by atoms with van der Waals surface area (Å²) in [7, 11) is 0. The van der Waals surface area contributed by atoms with Crippen LogP contribution in [0.4, 0.5) is 0 Å². The van der Waals surface area contributed by atoms with E-state index in [1.165, 1.54) is 0 Å². The molecule has 0 saturated heterocycles. The summed E-state index contributed by atoms with van der Waals surface area (Å²) in [6.45, 7) is 3.92. The minimum absolute atomic E-state index is 0.0302. The van der Waals surface area contributed by atoms with E-state index in [0.717, 1.165) is 5.56 Å². The molecule has 0 fully saturated rings. The molecule has 4 nitrogen and oxygen atoms in total. The van der Waals surface area contributed by atoms with Crippen molar-refractivity contribution in [2.75, 3.05) is 0 Å². The largest absolute Gasteiger partial charge is 0.481 e. The van der Waals surface area contributed by atoms with Crippen LogP contribution in [-0.4, -0.2) is 17.0 Å². The zero-order valence-electron chi connectivity index (χ0n) is 11.1. The molecule has 0 spiro atoms. The Labute approximate surface area is 117 Å². The number of aliphatic carboxylic acids is 1. The van der Waals surface area contributed by atoms with Gasteiger partial charge in [0.2, 0.25) is 5.91 Å². The molecule has 0 aliphatic rings. The first kappa shape index (κ1) is 15.5. The number of carboxylic acids is 1. The van der Waals surface area contributed by atoms with Gasteiger partial charge < -0.3 is 10.4 Å². The maximum atomic E-state index is 11.8. The first-order valence-corrected chi connectivity index (χ1v) is 6.39. The van der Waals surface area contributed by atoms with Gasteiger partial charge in [-0.15, -0.1) is 0 Å². The highest BCUT2D eigenvalue weighted by Crippen LogP contribution is 2.24. The van der Waals surface area contributed by atoms with Gasteiger partial charge in [0, 0.05) is 18.0 Å². The van der Waals surface area contributed by atoms with E-state index in [9.17, 15) is 9.59 Å². The van der Waals surface area contributed by atoms with Crippen molar-refractivity contribution in [2.45, 2.75) is 33.2 Å². The van der Waals surface area contributed by atoms with Crippen LogP contribution in [0.15, 0.2) is 24.3 Å². The van der Waals surface area contributed by atoms with E-state index >= 15 is 0 Å². The Hall–Kier alpha value is -1.55. The molecule has 1 aromatic rings. The van der Waals surface area contributed by atoms with Crippen molar-refractivity contribution in [1.82, 2.24) is 5.32 Å². The molecule has 1 amide bonds. The topological polar surface area (TPSA) is 66.4 Å². The molecule has 0 aliphatic carbocycles. The monoisotopic (exact) mass is 283 g/mol. The molecule has 1 rings (SSSR count). The Bertz CT molecular complexity index is 472. The van der Waals surface area contributed by atoms with Gasteiger partial charge >= 0.3 is 5.97 Å². The van der Waals surface area contributed by atoms with E-state index in [2.05, 4.69) is 5.32 Å². The van der Waals surface area contributed by atoms with Crippen LogP contribution >= 0.6 is 11.6 Å². The van der Waals surface area contributed by atoms with Crippen LogP contribution < -0.4 is 5.32 Å². The fourth-order valence-corrected chi connectivity index (χ4v) is 2.03. The summed E-state index contributed by atoms with van der Waals surface area (Å²) in [5.74, 6) is -1.06. The van der Waals surface area contributed by atoms with E-state index in [1.807, 2.05) is 12.1 Å². The van der Waals surface area contributed by atoms with Gasteiger partial charge in [0.05, 0.1) is 6.42 Å². The molecule has 2 N–H and O–H groups in total. The molecule has 0 radical (unpaired) electrons. The highest BCUT2D eigenvalue weighted by Gasteiger charge is 2.24. The molecule has 1 aromatic carbocycles. The molecule has 5 heteroatoms. The number of halogens is 1. The summed E-state index contributed by atoms with van der Waals surface area (Å²) in [4.78, 5) is 22.4. The Balaban J connectivity index is 2.46. The van der Waals surface area contributed by atoms with Crippen LogP contribution in [0.1, 0.15) is 32.3 Å². The highest BCUT2D eigenvalue weighted by molar-refractivity contribution is 6.30. The maximum absolute atomic E-state index is 11.8. The molecular weight excluding hydrogens is 266 g/mol. The van der Waals surface area contributed by atoms with Crippen molar-refractivity contribution in [2.24, 2.45) is 5.41 Å². The third kappa shape index (κ3) is 6.25. The van der Waals surface area contributed by atoms with E-state index in [1.54, 1.807) is 26.0 Å². The molecule has 0 atom stereocenters. The van der Waals surface area contributed by atoms with Crippen LogP contribution in [0.5, 0.6) is 0 Å². The number of rotatable bonds is 6. The van der Waals surface area contributed by atoms with Gasteiger partial charge in [-0.25, -0.2) is 0 Å². The molecule has 0 aromatic heterocycles. The molecule has 0 bridgehead atoms. The number of carboxylic acid groups (broad SMARTS) is 1. The lowest BCUT2D eigenvalue weighted by Gasteiger charge is -2.21. The molecule has 0 heterocycles. The average molecular weight is 284 g/mol. The summed E-state index contributed by atoms with van der Waals surface area (Å²) < 4.78 is 0. The van der Waals surface area contributed by atoms with Gasteiger partial charge in [0.1, 0.15) is 0 Å². The molecule has 0 unspecified atom stereocenters. The minimum atomic E-state index is -0.896. The molecule has 104 valence electrons. The zero-order valence-corrected chi connectivity index (χ0v) is 11.8. The Kier molecular flexibility index (Phi) is 5.36. The van der Waals surface area contributed by atoms with Gasteiger partial charge in [-0.1, -0.05) is 37.6 Å². The van der Waals surface area contributed by atoms with Crippen LogP contribution in [0.3, 0.4) is 0 Å². The van der Waals surface area contributed by atoms with Crippen molar-refractivity contribution in [1.29, 1.82) is 0 Å². The van der Waals surface area contributed by atoms with Gasteiger partial charge in [-0.05, 0) is 23.1 Å². The number of nitrogens with one attached hydrogen (secondary N) is 1. The second-order valence-corrected chi connectivity index (χ2v) is 5.75. The average Bonchev–Trinajstić information content (AvgIpc) is 2.24. The predicted octanol–water partition coefficient (Wildman–Crippen LogP) is 2.85. The zero-order chi connectivity index (χ0) is 14.5. The lowest BCUT2D eigenvalue weighted by Crippen LogP contribution is -2.29. The Morgan fingerprint density at radius 1 is 1.32 bits per heavy atom. The third-order valence-corrected chi connectivity index (χ3v) is 2.88. The maximum Gasteiger partial charge on any atom is 0.303 e. The van der Waals surface area contributed by atoms with Crippen LogP contribution in [0.25, 0.3) is 0 Å². The van der Waals surface area contributed by atoms with E-state index < -0.39 is 11.4 Å². The van der Waals surface area contributed by atoms with Crippen molar-refractivity contribution >= 4 is 23.5 Å². The Morgan fingerprint density at radius 2 is 2.00 bits per heavy atom. The van der Waals surface area contributed by atoms with Gasteiger partial charge in [-0.2, -0.15) is 0 Å². The number of carbonyl (C=O) groups excluding carboxylic acids is 1. The summed E-state index contributed by atoms with van der Waals surface area (Å²) in [5, 5.41) is 12.1. The molecule has 19 heavy (non-hydrogen) atoms. The number of carbonyl (C=O) groups is 2. The third-order valence-electron chi connectivity index (χ3n) is 2.65. The summed E-state index contributed by atoms with van der Waals surface area (Å²) in [6, 6.07) is 7.24. The lowest BCUT2D eigenvalue weighted by atomic mass is 9.85. The number of hydrogen-bond acceptors (Lipinski definition) is 2. The fourth-order valence-electron chi connectivity index (χ4n) is 1.82. The van der Waals surface area contributed by atoms with Crippen LogP contribution in [0.2, 0.25) is 5.02 Å². The molecule has 0 aliphatic heterocycles. The van der Waals surface area contributed by atoms with Gasteiger partial charge in [0.25, 0.3) is 0 Å². The van der Waals surface area contributed by atoms with E-state index in [0.29, 0.717) is 11.6 Å². The van der Waals surface area contributed by atoms with E-state index in [-0.39, 0.29) is 18.7 Å². The first-order valence-electron chi connectivity index (χ1n) is 6.01. The fraction of sp³-hybridized carbons (Fsp3) is 0.429. The van der Waals surface area contributed by atoms with Crippen LogP contribution in [0, 0.1) is 5.41 Å². The van der Waals surface area contributed by atoms with Gasteiger partial charge in [-0.3, -0.25) is 9.59 Å². The smallest absolute Gasteiger partial charge is 0.303 e. The molecular formula is C14H18ClNO3. The lowest BCUT2D eigenvalue weighted by molar-refractivity contribution is -0.139. The number of amides is 1. The number of hydrogen-bond donors (Lipinski definition) is 2.